The van der Waals surface area contributed by atoms with Gasteiger partial charge in [0.25, 0.3) is 5.91 Å². The van der Waals surface area contributed by atoms with E-state index in [9.17, 15) is 14.4 Å². The van der Waals surface area contributed by atoms with Gasteiger partial charge in [0.15, 0.2) is 0 Å². The summed E-state index contributed by atoms with van der Waals surface area (Å²) in [5.74, 6) is -1.39. The highest BCUT2D eigenvalue weighted by atomic mass is 16.2. The normalized spacial score (nSPS) is 22.3. The minimum absolute atomic E-state index is 0.202. The molecule has 1 saturated heterocycles. The molecule has 0 bridgehead atoms. The maximum atomic E-state index is 12.7. The van der Waals surface area contributed by atoms with Crippen LogP contribution in [-0.2, 0) is 9.59 Å². The maximum Gasteiger partial charge on any atom is 0.267 e. The standard InChI is InChI=1S/C17H19NO3/c1-12(2)11-17(3)10-9-14(19)18(16(17)21)15(20)13-7-5-4-6-8-13/h4-8H,1,9-11H2,2-3H3/t17-/m0/s1. The van der Waals surface area contributed by atoms with Crippen LogP contribution >= 0.6 is 0 Å². The van der Waals surface area contributed by atoms with Gasteiger partial charge in [0.1, 0.15) is 0 Å². The highest BCUT2D eigenvalue weighted by Crippen LogP contribution is 2.37. The van der Waals surface area contributed by atoms with Gasteiger partial charge in [-0.15, -0.1) is 6.58 Å². The van der Waals surface area contributed by atoms with E-state index >= 15 is 0 Å². The number of benzene rings is 1. The van der Waals surface area contributed by atoms with Crippen molar-refractivity contribution in [2.24, 2.45) is 5.41 Å². The fourth-order valence-corrected chi connectivity index (χ4v) is 2.73. The van der Waals surface area contributed by atoms with Crippen molar-refractivity contribution < 1.29 is 14.4 Å². The summed E-state index contributed by atoms with van der Waals surface area (Å²) in [6.07, 6.45) is 1.14. The van der Waals surface area contributed by atoms with Crippen LogP contribution in [0, 0.1) is 5.41 Å². The van der Waals surface area contributed by atoms with Gasteiger partial charge < -0.3 is 0 Å². The van der Waals surface area contributed by atoms with E-state index in [1.54, 1.807) is 37.3 Å². The predicted octanol–water partition coefficient (Wildman–Crippen LogP) is 2.95. The Bertz CT molecular complexity index is 606. The molecule has 1 heterocycles. The first-order valence-corrected chi connectivity index (χ1v) is 6.96. The molecule has 0 spiro atoms. The first kappa shape index (κ1) is 15.2. The molecular weight excluding hydrogens is 266 g/mol. The number of hydrogen-bond donors (Lipinski definition) is 0. The molecule has 2 rings (SSSR count). The summed E-state index contributed by atoms with van der Waals surface area (Å²) < 4.78 is 0. The molecule has 0 radical (unpaired) electrons. The molecule has 21 heavy (non-hydrogen) atoms. The summed E-state index contributed by atoms with van der Waals surface area (Å²) in [5, 5.41) is 0. The van der Waals surface area contributed by atoms with E-state index in [2.05, 4.69) is 6.58 Å². The second kappa shape index (κ2) is 5.64. The molecule has 0 aromatic heterocycles. The number of hydrogen-bond acceptors (Lipinski definition) is 3. The highest BCUT2D eigenvalue weighted by Gasteiger charge is 2.46. The molecule has 4 nitrogen and oxygen atoms in total. The molecule has 1 atom stereocenters. The van der Waals surface area contributed by atoms with Gasteiger partial charge in [-0.2, -0.15) is 0 Å². The summed E-state index contributed by atoms with van der Waals surface area (Å²) >= 11 is 0. The number of carbonyl (C=O) groups excluding carboxylic acids is 3. The molecule has 3 amide bonds. The lowest BCUT2D eigenvalue weighted by Gasteiger charge is -2.37. The number of rotatable bonds is 3. The molecule has 0 saturated carbocycles. The van der Waals surface area contributed by atoms with Gasteiger partial charge in [-0.05, 0) is 31.9 Å². The Hall–Kier alpha value is -2.23. The molecule has 1 aromatic carbocycles. The molecule has 0 N–H and O–H groups in total. The first-order chi connectivity index (χ1) is 9.85. The van der Waals surface area contributed by atoms with E-state index < -0.39 is 23.1 Å². The van der Waals surface area contributed by atoms with Crippen molar-refractivity contribution in [3.63, 3.8) is 0 Å². The number of amides is 3. The second-order valence-corrected chi connectivity index (χ2v) is 5.90. The van der Waals surface area contributed by atoms with E-state index in [4.69, 9.17) is 0 Å². The molecular formula is C17H19NO3. The fraction of sp³-hybridized carbons (Fsp3) is 0.353. The number of allylic oxidation sites excluding steroid dienone is 1. The van der Waals surface area contributed by atoms with Crippen molar-refractivity contribution in [2.45, 2.75) is 33.1 Å². The zero-order valence-corrected chi connectivity index (χ0v) is 12.4. The zero-order chi connectivity index (χ0) is 15.6. The summed E-state index contributed by atoms with van der Waals surface area (Å²) in [6.45, 7) is 7.47. The lowest BCUT2D eigenvalue weighted by atomic mass is 9.76. The quantitative estimate of drug-likeness (QED) is 0.633. The van der Waals surface area contributed by atoms with Gasteiger partial charge in [0, 0.05) is 12.0 Å². The average Bonchev–Trinajstić information content (AvgIpc) is 2.44. The Balaban J connectivity index is 2.33. The predicted molar refractivity (Wildman–Crippen MR) is 79.4 cm³/mol. The van der Waals surface area contributed by atoms with E-state index in [1.165, 1.54) is 0 Å². The van der Waals surface area contributed by atoms with Crippen molar-refractivity contribution in [3.8, 4) is 0 Å². The van der Waals surface area contributed by atoms with Crippen molar-refractivity contribution in [2.75, 3.05) is 0 Å². The summed E-state index contributed by atoms with van der Waals surface area (Å²) in [5.41, 5.74) is 0.482. The zero-order valence-electron chi connectivity index (χ0n) is 12.4. The van der Waals surface area contributed by atoms with Crippen LogP contribution in [0.2, 0.25) is 0 Å². The summed E-state index contributed by atoms with van der Waals surface area (Å²) in [4.78, 5) is 38.0. The lowest BCUT2D eigenvalue weighted by Crippen LogP contribution is -2.53. The van der Waals surface area contributed by atoms with Crippen LogP contribution in [0.3, 0.4) is 0 Å². The molecule has 0 unspecified atom stereocenters. The van der Waals surface area contributed by atoms with Crippen LogP contribution in [0.15, 0.2) is 42.5 Å². The van der Waals surface area contributed by atoms with Crippen molar-refractivity contribution in [3.05, 3.63) is 48.0 Å². The fourth-order valence-electron chi connectivity index (χ4n) is 2.73. The van der Waals surface area contributed by atoms with Crippen LogP contribution in [0.1, 0.15) is 43.5 Å². The van der Waals surface area contributed by atoms with Crippen molar-refractivity contribution in [1.82, 2.24) is 4.90 Å². The monoisotopic (exact) mass is 285 g/mol. The van der Waals surface area contributed by atoms with Crippen LogP contribution in [0.5, 0.6) is 0 Å². The third-order valence-corrected chi connectivity index (χ3v) is 3.78. The van der Waals surface area contributed by atoms with Crippen LogP contribution in [0.4, 0.5) is 0 Å². The van der Waals surface area contributed by atoms with Crippen LogP contribution < -0.4 is 0 Å². The van der Waals surface area contributed by atoms with Gasteiger partial charge >= 0.3 is 0 Å². The Labute approximate surface area is 124 Å². The van der Waals surface area contributed by atoms with Crippen LogP contribution in [-0.4, -0.2) is 22.6 Å². The van der Waals surface area contributed by atoms with Crippen LogP contribution in [0.25, 0.3) is 0 Å². The number of likely N-dealkylation sites (tertiary alicyclic amines) is 1. The smallest absolute Gasteiger partial charge is 0.267 e. The number of imide groups is 3. The molecule has 1 aliphatic heterocycles. The van der Waals surface area contributed by atoms with E-state index in [0.717, 1.165) is 10.5 Å². The Morgan fingerprint density at radius 2 is 1.90 bits per heavy atom. The maximum absolute atomic E-state index is 12.7. The summed E-state index contributed by atoms with van der Waals surface area (Å²) in [7, 11) is 0. The number of nitrogens with zero attached hydrogens (tertiary/aromatic N) is 1. The van der Waals surface area contributed by atoms with Gasteiger partial charge in [-0.25, -0.2) is 4.90 Å². The molecule has 1 aromatic rings. The van der Waals surface area contributed by atoms with E-state index in [-0.39, 0.29) is 6.42 Å². The van der Waals surface area contributed by atoms with Gasteiger partial charge in [-0.1, -0.05) is 30.7 Å². The Kier molecular flexibility index (Phi) is 4.07. The van der Waals surface area contributed by atoms with Gasteiger partial charge in [0.05, 0.1) is 5.41 Å². The topological polar surface area (TPSA) is 54.5 Å². The minimum Gasteiger partial charge on any atom is -0.274 e. The molecule has 1 aliphatic rings. The van der Waals surface area contributed by atoms with E-state index in [1.807, 2.05) is 6.92 Å². The van der Waals surface area contributed by atoms with Crippen molar-refractivity contribution in [1.29, 1.82) is 0 Å². The van der Waals surface area contributed by atoms with Gasteiger partial charge in [0.2, 0.25) is 11.8 Å². The third-order valence-electron chi connectivity index (χ3n) is 3.78. The molecule has 0 aliphatic carbocycles. The minimum atomic E-state index is -0.732. The Morgan fingerprint density at radius 3 is 2.48 bits per heavy atom. The van der Waals surface area contributed by atoms with Gasteiger partial charge in [-0.3, -0.25) is 14.4 Å². The Morgan fingerprint density at radius 1 is 1.29 bits per heavy atom. The SMILES string of the molecule is C=C(C)C[C@]1(C)CCC(=O)N(C(=O)c2ccccc2)C1=O. The number of carbonyl (C=O) groups is 3. The third kappa shape index (κ3) is 2.94. The lowest BCUT2D eigenvalue weighted by molar-refractivity contribution is -0.152. The molecule has 110 valence electrons. The average molecular weight is 285 g/mol. The first-order valence-electron chi connectivity index (χ1n) is 6.96. The molecule has 4 heteroatoms. The highest BCUT2D eigenvalue weighted by molar-refractivity contribution is 6.18. The second-order valence-electron chi connectivity index (χ2n) is 5.90. The molecule has 1 fully saturated rings. The largest absolute Gasteiger partial charge is 0.274 e. The van der Waals surface area contributed by atoms with E-state index in [0.29, 0.717) is 18.4 Å². The summed E-state index contributed by atoms with van der Waals surface area (Å²) in [6, 6.07) is 8.40. The number of piperidine rings is 1. The van der Waals surface area contributed by atoms with Crippen molar-refractivity contribution >= 4 is 17.7 Å².